The maximum Gasteiger partial charge on any atom is 0.248 e. The zero-order valence-corrected chi connectivity index (χ0v) is 26.4. The first kappa shape index (κ1) is 33.6. The number of hydrogen-bond donors (Lipinski definition) is 2. The first-order chi connectivity index (χ1) is 21.5. The number of halogens is 2. The number of ether oxygens (including phenoxy) is 3. The van der Waals surface area contributed by atoms with Crippen LogP contribution in [0.25, 0.3) is 0 Å². The monoisotopic (exact) mass is 626 g/mol. The van der Waals surface area contributed by atoms with E-state index in [-0.39, 0.29) is 5.91 Å². The summed E-state index contributed by atoms with van der Waals surface area (Å²) in [5.41, 5.74) is 0.947. The van der Waals surface area contributed by atoms with Crippen molar-refractivity contribution in [2.45, 2.75) is 38.3 Å². The molecule has 3 aromatic rings. The van der Waals surface area contributed by atoms with E-state index in [0.29, 0.717) is 72.7 Å². The van der Waals surface area contributed by atoms with Crippen LogP contribution in [0.1, 0.15) is 38.3 Å². The molecule has 2 heterocycles. The van der Waals surface area contributed by atoms with Gasteiger partial charge in [-0.15, -0.1) is 0 Å². The molecule has 0 spiro atoms. The molecule has 2 aromatic carbocycles. The lowest BCUT2D eigenvalue weighted by atomic mass is 10.0. The molecule has 0 unspecified atom stereocenters. The molecule has 45 heavy (non-hydrogen) atoms. The normalized spacial score (nSPS) is 15.1. The van der Waals surface area contributed by atoms with Crippen molar-refractivity contribution in [3.63, 3.8) is 0 Å². The van der Waals surface area contributed by atoms with E-state index in [4.69, 9.17) is 19.0 Å². The molecule has 13 heteroatoms. The molecule has 1 amide bonds. The maximum absolute atomic E-state index is 14.0. The molecular weight excluding hydrogens is 586 g/mol. The highest BCUT2D eigenvalue weighted by atomic mass is 19.1. The Balaban J connectivity index is 1.61. The Morgan fingerprint density at radius 1 is 1.09 bits per heavy atom. The molecule has 1 aliphatic heterocycles. The first-order valence-electron chi connectivity index (χ1n) is 14.5. The van der Waals surface area contributed by atoms with Gasteiger partial charge in [0, 0.05) is 50.8 Å². The predicted molar refractivity (Wildman–Crippen MR) is 168 cm³/mol. The summed E-state index contributed by atoms with van der Waals surface area (Å²) in [6, 6.07) is 7.97. The van der Waals surface area contributed by atoms with Crippen molar-refractivity contribution in [3.05, 3.63) is 72.1 Å². The number of aromatic nitrogens is 2. The number of likely N-dealkylation sites (N-methyl/N-ethyl adjacent to an activating group) is 1. The Labute approximate surface area is 262 Å². The molecule has 1 aliphatic rings. The van der Waals surface area contributed by atoms with E-state index in [9.17, 15) is 13.6 Å². The fraction of sp³-hybridized carbons (Fsp3) is 0.406. The minimum Gasteiger partial charge on any atom is -0.494 e. The Bertz CT molecular complexity index is 1480. The third kappa shape index (κ3) is 9.33. The molecule has 0 bridgehead atoms. The number of methoxy groups -OCH3 is 2. The van der Waals surface area contributed by atoms with Gasteiger partial charge in [0.2, 0.25) is 5.91 Å². The van der Waals surface area contributed by atoms with Gasteiger partial charge in [-0.05, 0) is 51.7 Å². The van der Waals surface area contributed by atoms with Crippen molar-refractivity contribution in [1.82, 2.24) is 14.9 Å². The van der Waals surface area contributed by atoms with Crippen molar-refractivity contribution >= 4 is 28.9 Å². The van der Waals surface area contributed by atoms with Crippen molar-refractivity contribution in [1.29, 1.82) is 0 Å². The van der Waals surface area contributed by atoms with Crippen LogP contribution in [-0.2, 0) is 14.4 Å². The summed E-state index contributed by atoms with van der Waals surface area (Å²) in [6.07, 6.45) is 5.69. The summed E-state index contributed by atoms with van der Waals surface area (Å²) in [7, 11) is 6.98. The lowest BCUT2D eigenvalue weighted by Crippen LogP contribution is -2.25. The second kappa shape index (κ2) is 15.1. The van der Waals surface area contributed by atoms with Gasteiger partial charge in [0.15, 0.2) is 5.82 Å². The summed E-state index contributed by atoms with van der Waals surface area (Å²) in [5.74, 6) is -0.0405. The van der Waals surface area contributed by atoms with Crippen LogP contribution >= 0.6 is 0 Å². The molecule has 4 rings (SSSR count). The van der Waals surface area contributed by atoms with E-state index in [0.717, 1.165) is 6.07 Å². The fourth-order valence-corrected chi connectivity index (χ4v) is 4.54. The minimum atomic E-state index is -0.667. The average molecular weight is 627 g/mol. The van der Waals surface area contributed by atoms with Gasteiger partial charge >= 0.3 is 0 Å². The third-order valence-electron chi connectivity index (χ3n) is 7.13. The quantitative estimate of drug-likeness (QED) is 0.218. The lowest BCUT2D eigenvalue weighted by molar-refractivity contribution is -0.111. The Morgan fingerprint density at radius 3 is 2.53 bits per heavy atom. The molecular formula is C32H40F2N6O5. The molecule has 0 radical (unpaired) electrons. The van der Waals surface area contributed by atoms with Crippen molar-refractivity contribution in [2.75, 3.05) is 63.8 Å². The van der Waals surface area contributed by atoms with Crippen LogP contribution in [0, 0.1) is 11.6 Å². The largest absolute Gasteiger partial charge is 0.494 e. The highest BCUT2D eigenvalue weighted by molar-refractivity contribution is 6.01. The third-order valence-corrected chi connectivity index (χ3v) is 7.13. The molecule has 242 valence electrons. The summed E-state index contributed by atoms with van der Waals surface area (Å²) < 4.78 is 45.2. The van der Waals surface area contributed by atoms with Gasteiger partial charge in [0.1, 0.15) is 35.3 Å². The van der Waals surface area contributed by atoms with Crippen LogP contribution < -0.4 is 25.2 Å². The SMILES string of the molecule is COc1cc(OCCC(C)(C)OC)c(NC(=O)/C=C/CN(C)C)cc1Nc1cc(N2OCC[C@@H]2c2cc(F)cc(F)c2)ncn1. The highest BCUT2D eigenvalue weighted by Gasteiger charge is 2.30. The number of anilines is 4. The van der Waals surface area contributed by atoms with Crippen LogP contribution in [-0.4, -0.2) is 74.4 Å². The van der Waals surface area contributed by atoms with Gasteiger partial charge in [0.05, 0.1) is 43.3 Å². The number of nitrogens with zero attached hydrogens (tertiary/aromatic N) is 4. The number of rotatable bonds is 14. The fourth-order valence-electron chi connectivity index (χ4n) is 4.54. The van der Waals surface area contributed by atoms with Crippen LogP contribution in [0.3, 0.4) is 0 Å². The molecule has 1 atom stereocenters. The van der Waals surface area contributed by atoms with Crippen LogP contribution in [0.15, 0.2) is 54.9 Å². The van der Waals surface area contributed by atoms with E-state index in [1.165, 1.54) is 36.7 Å². The van der Waals surface area contributed by atoms with Gasteiger partial charge in [-0.3, -0.25) is 9.63 Å². The number of carbonyl (C=O) groups is 1. The van der Waals surface area contributed by atoms with Crippen molar-refractivity contribution < 1.29 is 32.6 Å². The zero-order chi connectivity index (χ0) is 32.6. The van der Waals surface area contributed by atoms with E-state index >= 15 is 0 Å². The summed E-state index contributed by atoms with van der Waals surface area (Å²) >= 11 is 0. The number of hydrogen-bond acceptors (Lipinski definition) is 10. The Hall–Kier alpha value is -4.33. The number of amides is 1. The van der Waals surface area contributed by atoms with Crippen molar-refractivity contribution in [2.24, 2.45) is 0 Å². The molecule has 0 saturated carbocycles. The van der Waals surface area contributed by atoms with Gasteiger partial charge in [-0.2, -0.15) is 0 Å². The highest BCUT2D eigenvalue weighted by Crippen LogP contribution is 2.39. The minimum absolute atomic E-state index is 0.328. The van der Waals surface area contributed by atoms with Crippen LogP contribution in [0.5, 0.6) is 11.5 Å². The predicted octanol–water partition coefficient (Wildman–Crippen LogP) is 5.64. The van der Waals surface area contributed by atoms with Gasteiger partial charge in [0.25, 0.3) is 0 Å². The van der Waals surface area contributed by atoms with Crippen molar-refractivity contribution in [3.8, 4) is 11.5 Å². The lowest BCUT2D eigenvalue weighted by Gasteiger charge is -2.24. The van der Waals surface area contributed by atoms with E-state index < -0.39 is 23.3 Å². The molecule has 1 saturated heterocycles. The molecule has 1 fully saturated rings. The van der Waals surface area contributed by atoms with Gasteiger partial charge in [-0.25, -0.2) is 23.8 Å². The van der Waals surface area contributed by atoms with Gasteiger partial charge in [-0.1, -0.05) is 6.08 Å². The Kier molecular flexibility index (Phi) is 11.3. The first-order valence-corrected chi connectivity index (χ1v) is 14.5. The van der Waals surface area contributed by atoms with E-state index in [1.807, 2.05) is 32.8 Å². The smallest absolute Gasteiger partial charge is 0.248 e. The van der Waals surface area contributed by atoms with Gasteiger partial charge < -0.3 is 29.7 Å². The van der Waals surface area contributed by atoms with E-state index in [2.05, 4.69) is 20.6 Å². The topological polar surface area (TPSA) is 110 Å². The number of nitrogens with one attached hydrogen (secondary N) is 2. The van der Waals surface area contributed by atoms with Crippen LogP contribution in [0.4, 0.5) is 31.8 Å². The number of benzene rings is 2. The average Bonchev–Trinajstić information content (AvgIpc) is 3.48. The standard InChI is InChI=1S/C32H40F2N6O5/c1-32(2,43-6)10-13-44-28-18-27(42-5)24(17-25(28)38-31(41)8-7-11-39(3)4)37-29-19-30(36-20-35-29)40-26(9-12-45-40)21-14-22(33)16-23(34)15-21/h7-8,14-20,26H,9-13H2,1-6H3,(H,38,41)(H,35,36,37)/b8-7+/t26-/m1/s1. The summed E-state index contributed by atoms with van der Waals surface area (Å²) in [6.45, 7) is 5.20. The number of carbonyl (C=O) groups excluding carboxylic acids is 1. The maximum atomic E-state index is 14.0. The molecule has 0 aliphatic carbocycles. The molecule has 11 nitrogen and oxygen atoms in total. The number of hydroxylamine groups is 1. The Morgan fingerprint density at radius 2 is 1.84 bits per heavy atom. The van der Waals surface area contributed by atoms with E-state index in [1.54, 1.807) is 31.4 Å². The molecule has 2 N–H and O–H groups in total. The molecule has 1 aromatic heterocycles. The second-order valence-electron chi connectivity index (χ2n) is 11.3. The zero-order valence-electron chi connectivity index (χ0n) is 26.4. The second-order valence-corrected chi connectivity index (χ2v) is 11.3. The summed E-state index contributed by atoms with van der Waals surface area (Å²) in [4.78, 5) is 29.2. The van der Waals surface area contributed by atoms with Crippen LogP contribution in [0.2, 0.25) is 0 Å². The summed E-state index contributed by atoms with van der Waals surface area (Å²) in [5, 5.41) is 7.63.